The van der Waals surface area contributed by atoms with Gasteiger partial charge >= 0.3 is 0 Å². The summed E-state index contributed by atoms with van der Waals surface area (Å²) in [4.78, 5) is 34.4. The second kappa shape index (κ2) is 13.3. The zero-order chi connectivity index (χ0) is 29.6. The Balaban J connectivity index is 1.22. The van der Waals surface area contributed by atoms with E-state index >= 15 is 0 Å². The van der Waals surface area contributed by atoms with Crippen LogP contribution >= 0.6 is 12.2 Å². The second-order valence-electron chi connectivity index (χ2n) is 10.3. The molecule has 0 aromatic heterocycles. The van der Waals surface area contributed by atoms with E-state index in [2.05, 4.69) is 15.1 Å². The van der Waals surface area contributed by atoms with Crippen LogP contribution in [0.3, 0.4) is 0 Å². The van der Waals surface area contributed by atoms with E-state index in [9.17, 15) is 18.4 Å². The largest absolute Gasteiger partial charge is 0.497 e. The summed E-state index contributed by atoms with van der Waals surface area (Å²) in [6.07, 6.45) is 0.650. The Morgan fingerprint density at radius 1 is 0.881 bits per heavy atom. The Labute approximate surface area is 249 Å². The molecular formula is C31H33F2N5O3S. The van der Waals surface area contributed by atoms with Crippen molar-refractivity contribution >= 4 is 46.2 Å². The summed E-state index contributed by atoms with van der Waals surface area (Å²) >= 11 is 5.73. The van der Waals surface area contributed by atoms with Crippen molar-refractivity contribution in [3.8, 4) is 5.75 Å². The van der Waals surface area contributed by atoms with Crippen LogP contribution in [0.4, 0.5) is 25.8 Å². The van der Waals surface area contributed by atoms with Crippen molar-refractivity contribution < 1.29 is 23.1 Å². The number of amides is 2. The lowest BCUT2D eigenvalue weighted by molar-refractivity contribution is -0.124. The molecule has 0 radical (unpaired) electrons. The van der Waals surface area contributed by atoms with Gasteiger partial charge in [0.15, 0.2) is 5.11 Å². The first-order chi connectivity index (χ1) is 20.3. The first kappa shape index (κ1) is 29.4. The number of benzene rings is 3. The van der Waals surface area contributed by atoms with E-state index in [1.807, 2.05) is 4.90 Å². The summed E-state index contributed by atoms with van der Waals surface area (Å²) in [5, 5.41) is 3.15. The quantitative estimate of drug-likeness (QED) is 0.347. The fraction of sp³-hybridized carbons (Fsp3) is 0.323. The molecule has 0 bridgehead atoms. The van der Waals surface area contributed by atoms with Crippen LogP contribution in [-0.2, 0) is 9.59 Å². The van der Waals surface area contributed by atoms with Crippen molar-refractivity contribution in [3.05, 3.63) is 84.4 Å². The minimum atomic E-state index is -0.781. The van der Waals surface area contributed by atoms with E-state index in [1.54, 1.807) is 43.5 Å². The van der Waals surface area contributed by atoms with Crippen LogP contribution in [0.1, 0.15) is 12.8 Å². The van der Waals surface area contributed by atoms with Crippen molar-refractivity contribution in [2.45, 2.75) is 18.9 Å². The molecule has 2 amide bonds. The lowest BCUT2D eigenvalue weighted by atomic mass is 10.1. The summed E-state index contributed by atoms with van der Waals surface area (Å²) in [5.41, 5.74) is 2.07. The molecule has 2 aliphatic rings. The van der Waals surface area contributed by atoms with Gasteiger partial charge in [-0.3, -0.25) is 19.4 Å². The number of hydrogen-bond acceptors (Lipinski definition) is 6. The second-order valence-corrected chi connectivity index (χ2v) is 10.6. The summed E-state index contributed by atoms with van der Waals surface area (Å²) < 4.78 is 32.1. The molecule has 2 saturated heterocycles. The number of ether oxygens (including phenoxy) is 1. The van der Waals surface area contributed by atoms with Gasteiger partial charge in [0.2, 0.25) is 5.91 Å². The van der Waals surface area contributed by atoms with Crippen LogP contribution in [0, 0.1) is 11.6 Å². The topological polar surface area (TPSA) is 68.4 Å². The van der Waals surface area contributed by atoms with E-state index in [0.29, 0.717) is 28.8 Å². The average molecular weight is 594 g/mol. The van der Waals surface area contributed by atoms with E-state index in [1.165, 1.54) is 41.3 Å². The van der Waals surface area contributed by atoms with Crippen molar-refractivity contribution in [2.75, 3.05) is 61.5 Å². The van der Waals surface area contributed by atoms with Gasteiger partial charge in [-0.25, -0.2) is 8.78 Å². The van der Waals surface area contributed by atoms with Crippen molar-refractivity contribution in [1.29, 1.82) is 0 Å². The van der Waals surface area contributed by atoms with Crippen molar-refractivity contribution in [3.63, 3.8) is 0 Å². The smallest absolute Gasteiger partial charge is 0.256 e. The lowest BCUT2D eigenvalue weighted by Crippen LogP contribution is -2.47. The normalized spacial score (nSPS) is 17.6. The summed E-state index contributed by atoms with van der Waals surface area (Å²) in [6.45, 7) is 4.66. The van der Waals surface area contributed by atoms with Crippen LogP contribution in [0.15, 0.2) is 72.8 Å². The van der Waals surface area contributed by atoms with E-state index in [-0.39, 0.29) is 24.1 Å². The maximum absolute atomic E-state index is 13.6. The van der Waals surface area contributed by atoms with E-state index in [4.69, 9.17) is 17.0 Å². The predicted octanol–water partition coefficient (Wildman–Crippen LogP) is 4.52. The molecule has 5 rings (SSSR count). The first-order valence-corrected chi connectivity index (χ1v) is 14.3. The number of carbonyl (C=O) groups excluding carboxylic acids is 2. The highest BCUT2D eigenvalue weighted by Crippen LogP contribution is 2.28. The molecule has 3 aromatic carbocycles. The zero-order valence-corrected chi connectivity index (χ0v) is 24.2. The summed E-state index contributed by atoms with van der Waals surface area (Å²) in [5.74, 6) is -0.621. The van der Waals surface area contributed by atoms with Crippen LogP contribution in [0.2, 0.25) is 0 Å². The molecule has 2 heterocycles. The standard InChI is InChI=1S/C31H33F2N5O3S/c1-41-27-13-7-24(8-14-27)34-29(39)21-28-30(40)38(26-11-5-23(33)6-12-26)31(42)37(28)16-2-15-35-17-19-36(20-18-35)25-9-3-22(32)4-10-25/h3-14,28H,2,15-21H2,1H3,(H,34,39). The number of halogens is 2. The van der Waals surface area contributed by atoms with Gasteiger partial charge in [0, 0.05) is 44.1 Å². The van der Waals surface area contributed by atoms with Crippen LogP contribution < -0.4 is 19.9 Å². The molecular weight excluding hydrogens is 560 g/mol. The SMILES string of the molecule is COc1ccc(NC(=O)CC2C(=O)N(c3ccc(F)cc3)C(=S)N2CCCN2CCN(c3ccc(F)cc3)CC2)cc1. The highest BCUT2D eigenvalue weighted by atomic mass is 32.1. The third-order valence-electron chi connectivity index (χ3n) is 7.59. The monoisotopic (exact) mass is 593 g/mol. The third kappa shape index (κ3) is 6.85. The first-order valence-electron chi connectivity index (χ1n) is 13.9. The molecule has 3 aromatic rings. The van der Waals surface area contributed by atoms with Gasteiger partial charge in [-0.2, -0.15) is 0 Å². The van der Waals surface area contributed by atoms with E-state index < -0.39 is 11.9 Å². The zero-order valence-electron chi connectivity index (χ0n) is 23.3. The van der Waals surface area contributed by atoms with Crippen LogP contribution in [0.25, 0.3) is 0 Å². The summed E-state index contributed by atoms with van der Waals surface area (Å²) in [6, 6.07) is 18.3. The number of thiocarbonyl (C=S) groups is 1. The molecule has 1 unspecified atom stereocenters. The average Bonchev–Trinajstić information content (AvgIpc) is 3.22. The van der Waals surface area contributed by atoms with Gasteiger partial charge in [0.25, 0.3) is 5.91 Å². The molecule has 2 aliphatic heterocycles. The number of piperazine rings is 1. The molecule has 2 fully saturated rings. The fourth-order valence-corrected chi connectivity index (χ4v) is 5.74. The number of methoxy groups -OCH3 is 1. The maximum Gasteiger partial charge on any atom is 0.256 e. The third-order valence-corrected chi connectivity index (χ3v) is 8.01. The molecule has 0 aliphatic carbocycles. The predicted molar refractivity (Wildman–Crippen MR) is 163 cm³/mol. The number of rotatable bonds is 10. The molecule has 42 heavy (non-hydrogen) atoms. The van der Waals surface area contributed by atoms with Crippen LogP contribution in [-0.4, -0.2) is 79.1 Å². The van der Waals surface area contributed by atoms with E-state index in [0.717, 1.165) is 44.8 Å². The van der Waals surface area contributed by atoms with Gasteiger partial charge in [-0.1, -0.05) is 0 Å². The fourth-order valence-electron chi connectivity index (χ4n) is 5.32. The minimum Gasteiger partial charge on any atom is -0.497 e. The van der Waals surface area contributed by atoms with Gasteiger partial charge in [-0.15, -0.1) is 0 Å². The Kier molecular flexibility index (Phi) is 9.28. The Morgan fingerprint density at radius 3 is 2.07 bits per heavy atom. The highest BCUT2D eigenvalue weighted by molar-refractivity contribution is 7.80. The van der Waals surface area contributed by atoms with Crippen molar-refractivity contribution in [1.82, 2.24) is 9.80 Å². The van der Waals surface area contributed by atoms with Crippen LogP contribution in [0.5, 0.6) is 5.75 Å². The Morgan fingerprint density at radius 2 is 1.48 bits per heavy atom. The lowest BCUT2D eigenvalue weighted by Gasteiger charge is -2.36. The molecule has 1 N–H and O–H groups in total. The number of carbonyl (C=O) groups is 2. The number of anilines is 3. The molecule has 1 atom stereocenters. The number of nitrogens with zero attached hydrogens (tertiary/aromatic N) is 4. The number of hydrogen-bond donors (Lipinski definition) is 1. The molecule has 220 valence electrons. The molecule has 11 heteroatoms. The Hall–Kier alpha value is -4.09. The maximum atomic E-state index is 13.6. The van der Waals surface area contributed by atoms with Crippen molar-refractivity contribution in [2.24, 2.45) is 0 Å². The highest BCUT2D eigenvalue weighted by Gasteiger charge is 2.44. The van der Waals surface area contributed by atoms with Gasteiger partial charge in [0.1, 0.15) is 23.4 Å². The Bertz CT molecular complexity index is 1400. The molecule has 8 nitrogen and oxygen atoms in total. The van der Waals surface area contributed by atoms with Gasteiger partial charge in [-0.05, 0) is 98.0 Å². The minimum absolute atomic E-state index is 0.0843. The summed E-state index contributed by atoms with van der Waals surface area (Å²) in [7, 11) is 1.57. The van der Waals surface area contributed by atoms with Gasteiger partial charge in [0.05, 0.1) is 19.2 Å². The number of nitrogens with one attached hydrogen (secondary N) is 1. The van der Waals surface area contributed by atoms with Gasteiger partial charge < -0.3 is 19.9 Å². The molecule has 0 saturated carbocycles. The molecule has 0 spiro atoms.